The number of primary amides is 1. The number of rotatable bonds is 7. The van der Waals surface area contributed by atoms with Crippen molar-refractivity contribution in [2.75, 3.05) is 19.6 Å². The molecule has 1 saturated heterocycles. The fourth-order valence-corrected chi connectivity index (χ4v) is 3.75. The Morgan fingerprint density at radius 3 is 2.66 bits per heavy atom. The van der Waals surface area contributed by atoms with E-state index < -0.39 is 36.1 Å². The average molecular weight is 443 g/mol. The Morgan fingerprint density at radius 2 is 1.97 bits per heavy atom. The number of fused-ring (bicyclic) bond motifs is 4. The van der Waals surface area contributed by atoms with Crippen molar-refractivity contribution in [1.82, 2.24) is 30.4 Å². The second-order valence-corrected chi connectivity index (χ2v) is 7.28. The SMILES string of the molecule is NC(=O)CNC(=O)n1cc2c(n1)C(CNC(=O)O)N1CC2N(OCc2ccccc2)C1=O. The van der Waals surface area contributed by atoms with Gasteiger partial charge in [-0.05, 0) is 5.56 Å². The van der Waals surface area contributed by atoms with Gasteiger partial charge in [0.05, 0.1) is 24.8 Å². The van der Waals surface area contributed by atoms with Gasteiger partial charge in [0, 0.05) is 18.3 Å². The molecule has 168 valence electrons. The highest BCUT2D eigenvalue weighted by molar-refractivity contribution is 5.84. The molecule has 1 aromatic heterocycles. The Balaban J connectivity index is 1.61. The predicted molar refractivity (Wildman–Crippen MR) is 107 cm³/mol. The van der Waals surface area contributed by atoms with Crippen molar-refractivity contribution in [2.24, 2.45) is 5.73 Å². The van der Waals surface area contributed by atoms with E-state index in [0.29, 0.717) is 11.3 Å². The molecule has 5 N–H and O–H groups in total. The Kier molecular flexibility index (Phi) is 5.64. The van der Waals surface area contributed by atoms with Crippen LogP contribution in [0, 0.1) is 0 Å². The number of nitrogens with two attached hydrogens (primary N) is 1. The van der Waals surface area contributed by atoms with Gasteiger partial charge in [0.15, 0.2) is 0 Å². The van der Waals surface area contributed by atoms with Crippen molar-refractivity contribution in [1.29, 1.82) is 0 Å². The summed E-state index contributed by atoms with van der Waals surface area (Å²) in [6.45, 7) is -0.0976. The topological polar surface area (TPSA) is 172 Å². The van der Waals surface area contributed by atoms with Crippen molar-refractivity contribution >= 4 is 24.1 Å². The lowest BCUT2D eigenvalue weighted by Crippen LogP contribution is -2.41. The fraction of sp³-hybridized carbons (Fsp3) is 0.316. The maximum absolute atomic E-state index is 13.0. The molecule has 2 bridgehead atoms. The lowest BCUT2D eigenvalue weighted by atomic mass is 9.98. The van der Waals surface area contributed by atoms with Crippen LogP contribution in [0.15, 0.2) is 36.5 Å². The van der Waals surface area contributed by atoms with Crippen LogP contribution in [0.25, 0.3) is 0 Å². The van der Waals surface area contributed by atoms with Gasteiger partial charge in [0.1, 0.15) is 12.6 Å². The number of benzene rings is 1. The number of aromatic nitrogens is 2. The van der Waals surface area contributed by atoms with E-state index in [1.54, 1.807) is 0 Å². The summed E-state index contributed by atoms with van der Waals surface area (Å²) >= 11 is 0. The second kappa shape index (κ2) is 8.55. The van der Waals surface area contributed by atoms with Crippen molar-refractivity contribution in [3.63, 3.8) is 0 Å². The molecular weight excluding hydrogens is 422 g/mol. The van der Waals surface area contributed by atoms with Gasteiger partial charge < -0.3 is 26.4 Å². The monoisotopic (exact) mass is 443 g/mol. The molecular formula is C19H21N7O6. The Hall–Kier alpha value is -4.13. The first-order valence-electron chi connectivity index (χ1n) is 9.74. The van der Waals surface area contributed by atoms with Gasteiger partial charge in [-0.3, -0.25) is 9.63 Å². The minimum atomic E-state index is -1.25. The fourth-order valence-electron chi connectivity index (χ4n) is 3.75. The molecule has 2 aliphatic rings. The molecule has 0 saturated carbocycles. The Bertz CT molecular complexity index is 1060. The van der Waals surface area contributed by atoms with Gasteiger partial charge in [0.2, 0.25) is 5.91 Å². The van der Waals surface area contributed by atoms with Crippen LogP contribution in [0.3, 0.4) is 0 Å². The molecule has 2 unspecified atom stereocenters. The van der Waals surface area contributed by atoms with E-state index in [1.165, 1.54) is 16.2 Å². The number of urea groups is 1. The summed E-state index contributed by atoms with van der Waals surface area (Å²) in [5.74, 6) is -0.713. The van der Waals surface area contributed by atoms with Crippen LogP contribution >= 0.6 is 0 Å². The molecule has 32 heavy (non-hydrogen) atoms. The molecule has 0 spiro atoms. The normalized spacial score (nSPS) is 18.9. The Labute approximate surface area is 181 Å². The summed E-state index contributed by atoms with van der Waals surface area (Å²) < 4.78 is 1.00. The van der Waals surface area contributed by atoms with Gasteiger partial charge in [-0.1, -0.05) is 30.3 Å². The van der Waals surface area contributed by atoms with Gasteiger partial charge in [-0.25, -0.2) is 14.4 Å². The summed E-state index contributed by atoms with van der Waals surface area (Å²) in [6, 6.07) is 6.91. The number of carbonyl (C=O) groups is 4. The number of carboxylic acid groups (broad SMARTS) is 1. The zero-order chi connectivity index (χ0) is 22.8. The van der Waals surface area contributed by atoms with Gasteiger partial charge in [0.25, 0.3) is 0 Å². The van der Waals surface area contributed by atoms with E-state index in [0.717, 1.165) is 10.2 Å². The molecule has 4 rings (SSSR count). The highest BCUT2D eigenvalue weighted by atomic mass is 16.7. The van der Waals surface area contributed by atoms with E-state index >= 15 is 0 Å². The first-order chi connectivity index (χ1) is 15.3. The van der Waals surface area contributed by atoms with Gasteiger partial charge in [-0.15, -0.1) is 0 Å². The van der Waals surface area contributed by atoms with Crippen LogP contribution in [0.5, 0.6) is 0 Å². The summed E-state index contributed by atoms with van der Waals surface area (Å²) in [5, 5.41) is 19.1. The lowest BCUT2D eigenvalue weighted by Gasteiger charge is -2.29. The number of hydrogen-bond acceptors (Lipinski definition) is 6. The lowest BCUT2D eigenvalue weighted by molar-refractivity contribution is -0.141. The van der Waals surface area contributed by atoms with Crippen LogP contribution in [-0.2, 0) is 16.2 Å². The average Bonchev–Trinajstić information content (AvgIpc) is 3.33. The first-order valence-corrected chi connectivity index (χ1v) is 9.74. The van der Waals surface area contributed by atoms with E-state index in [-0.39, 0.29) is 26.2 Å². The van der Waals surface area contributed by atoms with Crippen molar-refractivity contribution < 1.29 is 29.1 Å². The van der Waals surface area contributed by atoms with Crippen LogP contribution in [0.2, 0.25) is 0 Å². The maximum atomic E-state index is 13.0. The number of hydroxylamine groups is 2. The minimum Gasteiger partial charge on any atom is -0.465 e. The number of carbonyl (C=O) groups excluding carboxylic acids is 3. The van der Waals surface area contributed by atoms with Crippen molar-refractivity contribution in [3.05, 3.63) is 53.3 Å². The Morgan fingerprint density at radius 1 is 1.22 bits per heavy atom. The zero-order valence-corrected chi connectivity index (χ0v) is 16.8. The molecule has 2 atom stereocenters. The van der Waals surface area contributed by atoms with Crippen LogP contribution in [0.1, 0.15) is 28.9 Å². The molecule has 1 fully saturated rings. The maximum Gasteiger partial charge on any atom is 0.404 e. The van der Waals surface area contributed by atoms with Crippen LogP contribution in [0.4, 0.5) is 14.4 Å². The van der Waals surface area contributed by atoms with E-state index in [9.17, 15) is 19.2 Å². The van der Waals surface area contributed by atoms with Crippen LogP contribution in [-0.4, -0.2) is 68.5 Å². The summed E-state index contributed by atoms with van der Waals surface area (Å²) in [6.07, 6.45) is 0.190. The highest BCUT2D eigenvalue weighted by Crippen LogP contribution is 2.43. The molecule has 5 amide bonds. The third kappa shape index (κ3) is 4.05. The number of nitrogens with one attached hydrogen (secondary N) is 2. The van der Waals surface area contributed by atoms with Crippen molar-refractivity contribution in [2.45, 2.75) is 18.7 Å². The highest BCUT2D eigenvalue weighted by Gasteiger charge is 2.50. The van der Waals surface area contributed by atoms with E-state index in [1.807, 2.05) is 30.3 Å². The molecule has 13 nitrogen and oxygen atoms in total. The second-order valence-electron chi connectivity index (χ2n) is 7.28. The molecule has 3 heterocycles. The van der Waals surface area contributed by atoms with Gasteiger partial charge >= 0.3 is 18.2 Å². The molecule has 0 aliphatic carbocycles. The first kappa shape index (κ1) is 21.1. The molecule has 13 heteroatoms. The molecule has 2 aliphatic heterocycles. The third-order valence-electron chi connectivity index (χ3n) is 5.19. The minimum absolute atomic E-state index is 0.118. The standard InChI is InChI=1S/C19H21N7O6/c20-15(27)7-21-17(28)25-8-12-14-9-24(13(16(12)23-25)6-22-18(29)30)19(31)26(14)32-10-11-4-2-1-3-5-11/h1-5,8,13-14,22H,6-7,9-10H2,(H2,20,27)(H,21,28)(H,29,30). The molecule has 0 radical (unpaired) electrons. The molecule has 1 aromatic carbocycles. The third-order valence-corrected chi connectivity index (χ3v) is 5.19. The zero-order valence-electron chi connectivity index (χ0n) is 16.8. The van der Waals surface area contributed by atoms with Gasteiger partial charge in [-0.2, -0.15) is 14.8 Å². The number of nitrogens with zero attached hydrogens (tertiary/aromatic N) is 4. The van der Waals surface area contributed by atoms with E-state index in [2.05, 4.69) is 15.7 Å². The predicted octanol–water partition coefficient (Wildman–Crippen LogP) is 0.159. The largest absolute Gasteiger partial charge is 0.465 e. The number of hydrogen-bond donors (Lipinski definition) is 4. The summed E-state index contributed by atoms with van der Waals surface area (Å²) in [7, 11) is 0. The number of amides is 5. The van der Waals surface area contributed by atoms with E-state index in [4.69, 9.17) is 15.7 Å². The quantitative estimate of drug-likeness (QED) is 0.472. The van der Waals surface area contributed by atoms with Crippen LogP contribution < -0.4 is 16.4 Å². The van der Waals surface area contributed by atoms with Crippen molar-refractivity contribution in [3.8, 4) is 0 Å². The summed E-state index contributed by atoms with van der Waals surface area (Å²) in [5.41, 5.74) is 6.83. The smallest absolute Gasteiger partial charge is 0.404 e. The molecule has 2 aromatic rings. The summed E-state index contributed by atoms with van der Waals surface area (Å²) in [4.78, 5) is 54.6.